The van der Waals surface area contributed by atoms with Crippen LogP contribution in [0.5, 0.6) is 0 Å². The number of aromatic nitrogens is 1. The van der Waals surface area contributed by atoms with E-state index in [9.17, 15) is 13.2 Å². The van der Waals surface area contributed by atoms with Gasteiger partial charge >= 0.3 is 0 Å². The molecule has 7 nitrogen and oxygen atoms in total. The van der Waals surface area contributed by atoms with Gasteiger partial charge in [-0.3, -0.25) is 9.69 Å². The average Bonchev–Trinajstić information content (AvgIpc) is 3.22. The number of nitrogens with zero attached hydrogens (tertiary/aromatic N) is 4. The summed E-state index contributed by atoms with van der Waals surface area (Å²) in [7, 11) is -1.24. The Morgan fingerprint density at radius 2 is 2.08 bits per heavy atom. The highest BCUT2D eigenvalue weighted by Gasteiger charge is 2.36. The SMILES string of the molecule is C[C@H](C(=O)N(C)[C@@H]1CCS(=O)(=O)C1)N1CCN(c2nccs2)CC1. The van der Waals surface area contributed by atoms with Crippen LogP contribution in [0.4, 0.5) is 5.13 Å². The minimum absolute atomic E-state index is 0.0137. The van der Waals surface area contributed by atoms with Crippen molar-refractivity contribution in [3.63, 3.8) is 0 Å². The van der Waals surface area contributed by atoms with Gasteiger partial charge in [-0.05, 0) is 13.3 Å². The van der Waals surface area contributed by atoms with E-state index in [1.165, 1.54) is 0 Å². The maximum Gasteiger partial charge on any atom is 0.239 e. The molecule has 9 heteroatoms. The molecule has 0 aliphatic carbocycles. The average molecular weight is 373 g/mol. The molecule has 2 fully saturated rings. The molecule has 3 rings (SSSR count). The number of piperazine rings is 1. The summed E-state index contributed by atoms with van der Waals surface area (Å²) in [5, 5.41) is 3.00. The standard InChI is InChI=1S/C15H24N4O3S2/c1-12(14(20)17(2)13-3-10-24(21,22)11-13)18-5-7-19(8-6-18)15-16-4-9-23-15/h4,9,12-13H,3,5-8,10-11H2,1-2H3/t12-,13-/m1/s1. The molecular formula is C15H24N4O3S2. The minimum Gasteiger partial charge on any atom is -0.346 e. The fourth-order valence-corrected chi connectivity index (χ4v) is 5.86. The maximum atomic E-state index is 12.7. The van der Waals surface area contributed by atoms with Crippen molar-refractivity contribution in [2.24, 2.45) is 0 Å². The van der Waals surface area contributed by atoms with Crippen molar-refractivity contribution >= 4 is 32.2 Å². The number of carbonyl (C=O) groups is 1. The predicted octanol–water partition coefficient (Wildman–Crippen LogP) is 0.299. The Hall–Kier alpha value is -1.19. The molecule has 2 saturated heterocycles. The first-order valence-electron chi connectivity index (χ1n) is 8.23. The quantitative estimate of drug-likeness (QED) is 0.757. The molecule has 134 valence electrons. The lowest BCUT2D eigenvalue weighted by molar-refractivity contribution is -0.136. The van der Waals surface area contributed by atoms with Gasteiger partial charge in [0.2, 0.25) is 5.91 Å². The van der Waals surface area contributed by atoms with E-state index in [0.717, 1.165) is 31.3 Å². The first-order valence-corrected chi connectivity index (χ1v) is 10.9. The number of anilines is 1. The molecule has 2 atom stereocenters. The van der Waals surface area contributed by atoms with Crippen LogP contribution in [0.1, 0.15) is 13.3 Å². The molecule has 24 heavy (non-hydrogen) atoms. The van der Waals surface area contributed by atoms with Crippen LogP contribution in [0.25, 0.3) is 0 Å². The first kappa shape index (κ1) is 17.6. The third-order valence-corrected chi connectivity index (χ3v) is 7.60. The number of rotatable bonds is 4. The van der Waals surface area contributed by atoms with Crippen LogP contribution in [0.3, 0.4) is 0 Å². The molecule has 1 amide bonds. The van der Waals surface area contributed by atoms with Gasteiger partial charge in [0.15, 0.2) is 15.0 Å². The predicted molar refractivity (Wildman–Crippen MR) is 95.2 cm³/mol. The molecule has 0 aromatic carbocycles. The van der Waals surface area contributed by atoms with Crippen molar-refractivity contribution < 1.29 is 13.2 Å². The van der Waals surface area contributed by atoms with Gasteiger partial charge in [0, 0.05) is 50.8 Å². The monoisotopic (exact) mass is 372 g/mol. The number of amides is 1. The normalized spacial score (nSPS) is 25.6. The Balaban J connectivity index is 1.55. The van der Waals surface area contributed by atoms with Crippen LogP contribution in [0, 0.1) is 0 Å². The highest BCUT2D eigenvalue weighted by Crippen LogP contribution is 2.21. The van der Waals surface area contributed by atoms with E-state index in [4.69, 9.17) is 0 Å². The molecule has 0 N–H and O–H groups in total. The van der Waals surface area contributed by atoms with Gasteiger partial charge in [-0.25, -0.2) is 13.4 Å². The van der Waals surface area contributed by atoms with Crippen LogP contribution >= 0.6 is 11.3 Å². The number of carbonyl (C=O) groups excluding carboxylic acids is 1. The number of likely N-dealkylation sites (N-methyl/N-ethyl adjacent to an activating group) is 1. The Kier molecular flexibility index (Phi) is 5.12. The van der Waals surface area contributed by atoms with E-state index in [0.29, 0.717) is 6.42 Å². The molecule has 0 spiro atoms. The van der Waals surface area contributed by atoms with E-state index in [2.05, 4.69) is 14.8 Å². The summed E-state index contributed by atoms with van der Waals surface area (Å²) in [4.78, 5) is 23.1. The highest BCUT2D eigenvalue weighted by atomic mass is 32.2. The zero-order valence-corrected chi connectivity index (χ0v) is 15.7. The molecule has 2 aliphatic rings. The molecule has 1 aromatic rings. The maximum absolute atomic E-state index is 12.7. The summed E-state index contributed by atoms with van der Waals surface area (Å²) >= 11 is 1.63. The summed E-state index contributed by atoms with van der Waals surface area (Å²) in [5.41, 5.74) is 0. The summed E-state index contributed by atoms with van der Waals surface area (Å²) in [6.07, 6.45) is 2.36. The Labute approximate surface area is 147 Å². The molecule has 0 unspecified atom stereocenters. The van der Waals surface area contributed by atoms with Gasteiger partial charge in [0.25, 0.3) is 0 Å². The lowest BCUT2D eigenvalue weighted by Crippen LogP contribution is -2.55. The van der Waals surface area contributed by atoms with E-state index >= 15 is 0 Å². The second kappa shape index (κ2) is 6.97. The Morgan fingerprint density at radius 3 is 2.62 bits per heavy atom. The Morgan fingerprint density at radius 1 is 1.38 bits per heavy atom. The third kappa shape index (κ3) is 3.73. The molecule has 3 heterocycles. The van der Waals surface area contributed by atoms with Gasteiger partial charge < -0.3 is 9.80 Å². The van der Waals surface area contributed by atoms with Gasteiger partial charge in [-0.15, -0.1) is 11.3 Å². The smallest absolute Gasteiger partial charge is 0.239 e. The van der Waals surface area contributed by atoms with Crippen LogP contribution in [0.2, 0.25) is 0 Å². The summed E-state index contributed by atoms with van der Waals surface area (Å²) in [5.74, 6) is 0.301. The van der Waals surface area contributed by atoms with E-state index in [-0.39, 0.29) is 29.5 Å². The second-order valence-electron chi connectivity index (χ2n) is 6.52. The van der Waals surface area contributed by atoms with Gasteiger partial charge in [0.1, 0.15) is 0 Å². The third-order valence-electron chi connectivity index (χ3n) is 5.01. The fraction of sp³-hybridized carbons (Fsp3) is 0.733. The highest BCUT2D eigenvalue weighted by molar-refractivity contribution is 7.91. The molecule has 0 radical (unpaired) electrons. The van der Waals surface area contributed by atoms with Crippen LogP contribution in [-0.4, -0.2) is 85.9 Å². The van der Waals surface area contributed by atoms with Crippen LogP contribution in [0.15, 0.2) is 11.6 Å². The van der Waals surface area contributed by atoms with E-state index < -0.39 is 9.84 Å². The lowest BCUT2D eigenvalue weighted by Gasteiger charge is -2.39. The first-order chi connectivity index (χ1) is 11.4. The topological polar surface area (TPSA) is 73.8 Å². The molecule has 0 saturated carbocycles. The zero-order valence-electron chi connectivity index (χ0n) is 14.1. The van der Waals surface area contributed by atoms with Crippen molar-refractivity contribution in [3.8, 4) is 0 Å². The fourth-order valence-electron chi connectivity index (χ4n) is 3.38. The summed E-state index contributed by atoms with van der Waals surface area (Å²) in [6, 6.07) is -0.404. The summed E-state index contributed by atoms with van der Waals surface area (Å²) < 4.78 is 23.3. The van der Waals surface area contributed by atoms with Gasteiger partial charge in [-0.1, -0.05) is 0 Å². The van der Waals surface area contributed by atoms with Crippen LogP contribution in [-0.2, 0) is 14.6 Å². The Bertz CT molecular complexity index is 669. The van der Waals surface area contributed by atoms with E-state index in [1.807, 2.05) is 18.5 Å². The van der Waals surface area contributed by atoms with Crippen LogP contribution < -0.4 is 4.90 Å². The second-order valence-corrected chi connectivity index (χ2v) is 9.62. The lowest BCUT2D eigenvalue weighted by atomic mass is 10.1. The number of thiazole rings is 1. The van der Waals surface area contributed by atoms with Gasteiger partial charge in [0.05, 0.1) is 17.5 Å². The molecular weight excluding hydrogens is 348 g/mol. The number of sulfone groups is 1. The van der Waals surface area contributed by atoms with Gasteiger partial charge in [-0.2, -0.15) is 0 Å². The number of hydrogen-bond acceptors (Lipinski definition) is 7. The van der Waals surface area contributed by atoms with E-state index in [1.54, 1.807) is 23.3 Å². The molecule has 1 aromatic heterocycles. The van der Waals surface area contributed by atoms with Crippen molar-refractivity contribution in [3.05, 3.63) is 11.6 Å². The van der Waals surface area contributed by atoms with Crippen molar-refractivity contribution in [2.45, 2.75) is 25.4 Å². The summed E-state index contributed by atoms with van der Waals surface area (Å²) in [6.45, 7) is 5.24. The van der Waals surface area contributed by atoms with Crippen molar-refractivity contribution in [1.29, 1.82) is 0 Å². The van der Waals surface area contributed by atoms with Crippen molar-refractivity contribution in [1.82, 2.24) is 14.8 Å². The minimum atomic E-state index is -2.98. The number of hydrogen-bond donors (Lipinski definition) is 0. The molecule has 2 aliphatic heterocycles. The van der Waals surface area contributed by atoms with Crippen molar-refractivity contribution in [2.75, 3.05) is 49.6 Å². The zero-order chi connectivity index (χ0) is 17.3. The largest absolute Gasteiger partial charge is 0.346 e. The molecule has 0 bridgehead atoms.